The first kappa shape index (κ1) is 35.2. The molecule has 3 fully saturated rings. The highest BCUT2D eigenvalue weighted by molar-refractivity contribution is 7.97. The number of nitrogens with zero attached hydrogens (tertiary/aromatic N) is 2. The van der Waals surface area contributed by atoms with Gasteiger partial charge in [-0.2, -0.15) is 0 Å². The van der Waals surface area contributed by atoms with Crippen molar-refractivity contribution in [2.45, 2.75) is 70.7 Å². The Morgan fingerprint density at radius 2 is 1.78 bits per heavy atom. The van der Waals surface area contributed by atoms with Crippen LogP contribution in [0.1, 0.15) is 57.9 Å². The van der Waals surface area contributed by atoms with Crippen molar-refractivity contribution in [3.8, 4) is 11.3 Å². The van der Waals surface area contributed by atoms with Crippen LogP contribution in [-0.4, -0.2) is 68.1 Å². The van der Waals surface area contributed by atoms with Gasteiger partial charge >= 0.3 is 0 Å². The smallest absolute Gasteiger partial charge is 0.293 e. The number of aryl methyl sites for hydroxylation is 1. The summed E-state index contributed by atoms with van der Waals surface area (Å²) in [4.78, 5) is 15.9. The van der Waals surface area contributed by atoms with Gasteiger partial charge in [0.15, 0.2) is 17.9 Å². The van der Waals surface area contributed by atoms with Crippen LogP contribution in [0.25, 0.3) is 11.3 Å². The highest BCUT2D eigenvalue weighted by Crippen LogP contribution is 2.49. The number of benzene rings is 2. The second-order valence-corrected chi connectivity index (χ2v) is 14.0. The van der Waals surface area contributed by atoms with E-state index in [-0.39, 0.29) is 12.4 Å². The first-order chi connectivity index (χ1) is 21.8. The fourth-order valence-corrected chi connectivity index (χ4v) is 7.16. The van der Waals surface area contributed by atoms with Crippen LogP contribution in [0.4, 0.5) is 0 Å². The number of carbonyl (C=O) groups excluding carboxylic acids is 1. The lowest BCUT2D eigenvalue weighted by atomic mass is 9.98. The lowest BCUT2D eigenvalue weighted by molar-refractivity contribution is -0.173. The lowest BCUT2D eigenvalue weighted by Crippen LogP contribution is -2.32. The zero-order chi connectivity index (χ0) is 32.2. The minimum absolute atomic E-state index is 0.0264. The summed E-state index contributed by atoms with van der Waals surface area (Å²) in [5.74, 6) is 3.84. The average Bonchev–Trinajstić information content (AvgIpc) is 3.74. The van der Waals surface area contributed by atoms with Gasteiger partial charge in [-0.05, 0) is 63.4 Å². The molecule has 1 aliphatic carbocycles. The van der Waals surface area contributed by atoms with E-state index in [1.165, 1.54) is 10.5 Å². The van der Waals surface area contributed by atoms with E-state index in [9.17, 15) is 4.79 Å². The first-order valence-corrected chi connectivity index (χ1v) is 17.0. The van der Waals surface area contributed by atoms with E-state index in [0.29, 0.717) is 49.3 Å². The fourth-order valence-electron chi connectivity index (χ4n) is 6.01. The van der Waals surface area contributed by atoms with Crippen molar-refractivity contribution in [3.63, 3.8) is 0 Å². The van der Waals surface area contributed by atoms with Crippen molar-refractivity contribution < 1.29 is 23.4 Å². The molecule has 2 bridgehead atoms. The van der Waals surface area contributed by atoms with Gasteiger partial charge in [0.1, 0.15) is 6.10 Å². The number of fused-ring (bicyclic) bond motifs is 1. The second kappa shape index (κ2) is 17.9. The Labute approximate surface area is 273 Å². The SMILES string of the molecule is CNCCCN(CC(C)C)Sc1ccc(-c2cnc(C(C)C)o2)cc1.Cc1ccccc1.O=COC1C2COC3OCC1C3C2. The van der Waals surface area contributed by atoms with Gasteiger partial charge in [0, 0.05) is 47.2 Å². The Bertz CT molecular complexity index is 1270. The molecule has 8 nitrogen and oxygen atoms in total. The second-order valence-electron chi connectivity index (χ2n) is 12.8. The van der Waals surface area contributed by atoms with Gasteiger partial charge in [-0.25, -0.2) is 9.29 Å². The summed E-state index contributed by atoms with van der Waals surface area (Å²) in [5, 5.41) is 3.22. The van der Waals surface area contributed by atoms with Crippen molar-refractivity contribution in [2.75, 3.05) is 39.9 Å². The number of aromatic nitrogens is 1. The van der Waals surface area contributed by atoms with Crippen LogP contribution >= 0.6 is 11.9 Å². The molecule has 0 amide bonds. The predicted molar refractivity (Wildman–Crippen MR) is 180 cm³/mol. The monoisotopic (exact) mass is 637 g/mol. The van der Waals surface area contributed by atoms with Gasteiger partial charge in [-0.3, -0.25) is 4.79 Å². The lowest BCUT2D eigenvalue weighted by Gasteiger charge is -2.26. The zero-order valence-corrected chi connectivity index (χ0v) is 28.5. The van der Waals surface area contributed by atoms with E-state index in [1.807, 2.05) is 43.4 Å². The summed E-state index contributed by atoms with van der Waals surface area (Å²) in [5.41, 5.74) is 2.40. The molecule has 1 N–H and O–H groups in total. The number of nitrogens with one attached hydrogen (secondary N) is 1. The Balaban J connectivity index is 0.000000187. The van der Waals surface area contributed by atoms with Crippen LogP contribution in [0.5, 0.6) is 0 Å². The van der Waals surface area contributed by atoms with Crippen molar-refractivity contribution in [1.29, 1.82) is 0 Å². The normalized spacial score (nSPS) is 23.0. The van der Waals surface area contributed by atoms with Gasteiger partial charge in [-0.15, -0.1) is 0 Å². The van der Waals surface area contributed by atoms with E-state index >= 15 is 0 Å². The number of ether oxygens (including phenoxy) is 3. The number of oxazole rings is 1. The van der Waals surface area contributed by atoms with Gasteiger partial charge in [-0.1, -0.05) is 75.7 Å². The minimum atomic E-state index is -0.0264. The number of hydrogen-bond donors (Lipinski definition) is 1. The van der Waals surface area contributed by atoms with Crippen LogP contribution in [0.15, 0.2) is 70.1 Å². The van der Waals surface area contributed by atoms with Crippen LogP contribution in [-0.2, 0) is 19.0 Å². The third-order valence-corrected chi connectivity index (χ3v) is 9.31. The van der Waals surface area contributed by atoms with E-state index < -0.39 is 0 Å². The van der Waals surface area contributed by atoms with Crippen LogP contribution in [0, 0.1) is 30.6 Å². The quantitative estimate of drug-likeness (QED) is 0.126. The van der Waals surface area contributed by atoms with Crippen LogP contribution in [0.2, 0.25) is 0 Å². The molecule has 3 heterocycles. The summed E-state index contributed by atoms with van der Waals surface area (Å²) >= 11 is 1.84. The largest absolute Gasteiger partial charge is 0.464 e. The molecule has 2 aromatic carbocycles. The summed E-state index contributed by atoms with van der Waals surface area (Å²) in [7, 11) is 2.01. The number of carbonyl (C=O) groups is 1. The average molecular weight is 638 g/mol. The Morgan fingerprint density at radius 3 is 2.38 bits per heavy atom. The molecule has 1 aromatic heterocycles. The molecule has 5 unspecified atom stereocenters. The summed E-state index contributed by atoms with van der Waals surface area (Å²) in [6.07, 6.45) is 4.08. The fraction of sp³-hybridized carbons (Fsp3) is 0.556. The van der Waals surface area contributed by atoms with Crippen molar-refractivity contribution in [1.82, 2.24) is 14.6 Å². The highest BCUT2D eigenvalue weighted by Gasteiger charge is 2.55. The first-order valence-electron chi connectivity index (χ1n) is 16.3. The van der Waals surface area contributed by atoms with E-state index in [0.717, 1.165) is 49.7 Å². The molecule has 2 saturated heterocycles. The van der Waals surface area contributed by atoms with Crippen LogP contribution in [0.3, 0.4) is 0 Å². The van der Waals surface area contributed by atoms with Crippen molar-refractivity contribution in [2.24, 2.45) is 23.7 Å². The van der Waals surface area contributed by atoms with E-state index in [1.54, 1.807) is 0 Å². The Morgan fingerprint density at radius 1 is 1.04 bits per heavy atom. The van der Waals surface area contributed by atoms with Gasteiger partial charge in [0.05, 0.1) is 19.4 Å². The number of hydrogen-bond acceptors (Lipinski definition) is 9. The standard InChI is InChI=1S/C20H31N3OS.C9H12O4.C7H8/c1-15(2)14-23(12-6-11-21-5)25-18-9-7-17(8-10-18)19-13-22-20(24-19)16(3)4;10-4-13-8-5-1-6-7(8)3-12-9(6)11-2-5;1-7-5-3-2-4-6-7/h7-10,13,15-16,21H,6,11-12,14H2,1-5H3;4-9H,1-3H2;2-6H,1H3. The molecule has 45 heavy (non-hydrogen) atoms. The predicted octanol–water partition coefficient (Wildman–Crippen LogP) is 7.20. The van der Waals surface area contributed by atoms with Crippen molar-refractivity contribution in [3.05, 3.63) is 72.2 Å². The van der Waals surface area contributed by atoms with Gasteiger partial charge in [0.25, 0.3) is 6.47 Å². The molecular weight excluding hydrogens is 586 g/mol. The van der Waals surface area contributed by atoms with E-state index in [2.05, 4.69) is 85.6 Å². The molecule has 0 radical (unpaired) electrons. The van der Waals surface area contributed by atoms with Crippen LogP contribution < -0.4 is 5.32 Å². The maximum absolute atomic E-state index is 10.3. The third kappa shape index (κ3) is 10.4. The third-order valence-electron chi connectivity index (χ3n) is 8.24. The summed E-state index contributed by atoms with van der Waals surface area (Å²) in [6, 6.07) is 18.8. The maximum Gasteiger partial charge on any atom is 0.293 e. The molecule has 9 heteroatoms. The molecule has 1 saturated carbocycles. The van der Waals surface area contributed by atoms with Gasteiger partial charge in [0.2, 0.25) is 0 Å². The molecular formula is C36H51N3O5S. The molecule has 2 aliphatic heterocycles. The molecule has 5 atom stereocenters. The minimum Gasteiger partial charge on any atom is -0.464 e. The number of rotatable bonds is 12. The summed E-state index contributed by atoms with van der Waals surface area (Å²) in [6.45, 7) is 16.0. The van der Waals surface area contributed by atoms with Gasteiger partial charge < -0.3 is 23.9 Å². The molecule has 3 aromatic rings. The zero-order valence-electron chi connectivity index (χ0n) is 27.7. The Hall–Kier alpha value is -2.69. The molecule has 6 rings (SSSR count). The van der Waals surface area contributed by atoms with Crippen molar-refractivity contribution >= 4 is 18.4 Å². The molecule has 3 aliphatic rings. The van der Waals surface area contributed by atoms with E-state index in [4.69, 9.17) is 18.6 Å². The summed E-state index contributed by atoms with van der Waals surface area (Å²) < 4.78 is 24.4. The topological polar surface area (TPSA) is 86.1 Å². The highest BCUT2D eigenvalue weighted by atomic mass is 32.2. The molecule has 246 valence electrons. The maximum atomic E-state index is 10.3. The molecule has 0 spiro atoms. The Kier molecular flexibility index (Phi) is 14.0.